The molecule has 6 heteroatoms. The van der Waals surface area contributed by atoms with Gasteiger partial charge in [-0.25, -0.2) is 12.8 Å². The van der Waals surface area contributed by atoms with Gasteiger partial charge in [0.15, 0.2) is 9.84 Å². The smallest absolute Gasteiger partial charge is 0.179 e. The molecule has 0 aromatic heterocycles. The van der Waals surface area contributed by atoms with Crippen molar-refractivity contribution >= 4 is 9.84 Å². The van der Waals surface area contributed by atoms with Crippen LogP contribution in [0.25, 0.3) is 0 Å². The molecule has 0 aliphatic heterocycles. The lowest BCUT2D eigenvalue weighted by Crippen LogP contribution is -3.00. The number of rotatable bonds is 3. The van der Waals surface area contributed by atoms with Crippen molar-refractivity contribution in [2.24, 2.45) is 5.73 Å². The fraction of sp³-hybridized carbons (Fsp3) is 0.250. The van der Waals surface area contributed by atoms with E-state index in [1.165, 1.54) is 12.1 Å². The predicted octanol–water partition coefficient (Wildman–Crippen LogP) is -2.44. The van der Waals surface area contributed by atoms with Crippen molar-refractivity contribution in [2.45, 2.75) is 4.90 Å². The Labute approximate surface area is 88.4 Å². The molecule has 1 aromatic rings. The Morgan fingerprint density at radius 3 is 2.14 bits per heavy atom. The molecule has 14 heavy (non-hydrogen) atoms. The molecular formula is C8H10ClFNO2S-. The van der Waals surface area contributed by atoms with Gasteiger partial charge in [0.2, 0.25) is 0 Å². The fourth-order valence-electron chi connectivity index (χ4n) is 0.915. The molecule has 0 amide bonds. The highest BCUT2D eigenvalue weighted by atomic mass is 35.5. The van der Waals surface area contributed by atoms with E-state index in [2.05, 4.69) is 0 Å². The largest absolute Gasteiger partial charge is 1.00 e. The Morgan fingerprint density at radius 1 is 1.21 bits per heavy atom. The van der Waals surface area contributed by atoms with Crippen LogP contribution >= 0.6 is 0 Å². The van der Waals surface area contributed by atoms with Crippen LogP contribution in [0, 0.1) is 5.82 Å². The van der Waals surface area contributed by atoms with Crippen molar-refractivity contribution in [3.63, 3.8) is 0 Å². The lowest BCUT2D eigenvalue weighted by atomic mass is 10.4. The Balaban J connectivity index is 0.00000169. The van der Waals surface area contributed by atoms with Crippen molar-refractivity contribution < 1.29 is 25.2 Å². The van der Waals surface area contributed by atoms with Crippen molar-refractivity contribution in [1.29, 1.82) is 0 Å². The summed E-state index contributed by atoms with van der Waals surface area (Å²) in [5, 5.41) is 0. The van der Waals surface area contributed by atoms with Crippen molar-refractivity contribution in [3.8, 4) is 0 Å². The summed E-state index contributed by atoms with van der Waals surface area (Å²) in [6.45, 7) is 0.0692. The standard InChI is InChI=1S/C8H10FNO2S.ClH/c9-7-1-3-8(4-2-7)13(11,12)6-5-10;/h1-4H,5-6,10H2;1H/p-1. The number of nitrogens with two attached hydrogens (primary N) is 1. The molecule has 0 aliphatic carbocycles. The molecule has 2 N–H and O–H groups in total. The van der Waals surface area contributed by atoms with E-state index >= 15 is 0 Å². The van der Waals surface area contributed by atoms with E-state index in [0.717, 1.165) is 12.1 Å². The van der Waals surface area contributed by atoms with Crippen LogP contribution in [-0.2, 0) is 9.84 Å². The summed E-state index contributed by atoms with van der Waals surface area (Å²) in [7, 11) is -3.32. The van der Waals surface area contributed by atoms with E-state index in [9.17, 15) is 12.8 Å². The van der Waals surface area contributed by atoms with Crippen LogP contribution in [0.15, 0.2) is 29.2 Å². The molecule has 3 nitrogen and oxygen atoms in total. The van der Waals surface area contributed by atoms with Gasteiger partial charge in [0.1, 0.15) is 5.82 Å². The second-order valence-corrected chi connectivity index (χ2v) is 4.67. The lowest BCUT2D eigenvalue weighted by Gasteiger charge is -2.01. The summed E-state index contributed by atoms with van der Waals surface area (Å²) in [5.41, 5.74) is 5.13. The summed E-state index contributed by atoms with van der Waals surface area (Å²) < 4.78 is 35.1. The number of hydrogen-bond acceptors (Lipinski definition) is 3. The van der Waals surface area contributed by atoms with Crippen LogP contribution < -0.4 is 18.1 Å². The Morgan fingerprint density at radius 2 is 1.71 bits per heavy atom. The van der Waals surface area contributed by atoms with E-state index < -0.39 is 15.7 Å². The van der Waals surface area contributed by atoms with E-state index in [1.807, 2.05) is 0 Å². The second-order valence-electron chi connectivity index (χ2n) is 2.56. The minimum absolute atomic E-state index is 0. The van der Waals surface area contributed by atoms with Crippen LogP contribution in [0.4, 0.5) is 4.39 Å². The van der Waals surface area contributed by atoms with E-state index in [4.69, 9.17) is 5.73 Å². The van der Waals surface area contributed by atoms with Crippen LogP contribution in [0.5, 0.6) is 0 Å². The molecule has 0 fully saturated rings. The molecule has 1 aromatic carbocycles. The van der Waals surface area contributed by atoms with Gasteiger partial charge >= 0.3 is 0 Å². The summed E-state index contributed by atoms with van der Waals surface area (Å²) in [6, 6.07) is 4.70. The van der Waals surface area contributed by atoms with Gasteiger partial charge in [0, 0.05) is 6.54 Å². The lowest BCUT2D eigenvalue weighted by molar-refractivity contribution is -0.00000584. The zero-order chi connectivity index (χ0) is 9.90. The number of sulfone groups is 1. The first kappa shape index (κ1) is 13.4. The van der Waals surface area contributed by atoms with Gasteiger partial charge in [-0.05, 0) is 24.3 Å². The highest BCUT2D eigenvalue weighted by Crippen LogP contribution is 2.10. The van der Waals surface area contributed by atoms with Crippen LogP contribution in [0.1, 0.15) is 0 Å². The van der Waals surface area contributed by atoms with Crippen LogP contribution in [0.3, 0.4) is 0 Å². The van der Waals surface area contributed by atoms with Crippen LogP contribution in [-0.4, -0.2) is 20.7 Å². The molecule has 0 saturated carbocycles. The quantitative estimate of drug-likeness (QED) is 0.596. The van der Waals surface area contributed by atoms with Crippen molar-refractivity contribution in [1.82, 2.24) is 0 Å². The number of benzene rings is 1. The van der Waals surface area contributed by atoms with Gasteiger partial charge in [0.25, 0.3) is 0 Å². The molecule has 0 atom stereocenters. The molecule has 0 aliphatic rings. The van der Waals surface area contributed by atoms with Gasteiger partial charge < -0.3 is 18.1 Å². The average Bonchev–Trinajstić information content (AvgIpc) is 2.05. The van der Waals surface area contributed by atoms with Gasteiger partial charge in [-0.3, -0.25) is 0 Å². The molecule has 0 bridgehead atoms. The van der Waals surface area contributed by atoms with E-state index in [0.29, 0.717) is 0 Å². The predicted molar refractivity (Wildman–Crippen MR) is 47.5 cm³/mol. The van der Waals surface area contributed by atoms with Gasteiger partial charge in [0.05, 0.1) is 10.6 Å². The summed E-state index contributed by atoms with van der Waals surface area (Å²) >= 11 is 0. The first-order valence-electron chi connectivity index (χ1n) is 3.74. The highest BCUT2D eigenvalue weighted by molar-refractivity contribution is 7.91. The average molecular weight is 239 g/mol. The first-order chi connectivity index (χ1) is 6.06. The Kier molecular flexibility index (Phi) is 5.04. The number of hydrogen-bond donors (Lipinski definition) is 1. The maximum atomic E-state index is 12.4. The minimum atomic E-state index is -3.32. The first-order valence-corrected chi connectivity index (χ1v) is 5.40. The molecule has 0 saturated heterocycles. The summed E-state index contributed by atoms with van der Waals surface area (Å²) in [6.07, 6.45) is 0. The zero-order valence-electron chi connectivity index (χ0n) is 7.28. The van der Waals surface area contributed by atoms with Crippen molar-refractivity contribution in [3.05, 3.63) is 30.1 Å². The Bertz CT molecular complexity index is 377. The number of halogens is 2. The van der Waals surface area contributed by atoms with Gasteiger partial charge in [-0.1, -0.05) is 0 Å². The topological polar surface area (TPSA) is 60.2 Å². The SMILES string of the molecule is NCCS(=O)(=O)c1ccc(F)cc1.[Cl-]. The van der Waals surface area contributed by atoms with Gasteiger partial charge in [-0.15, -0.1) is 0 Å². The van der Waals surface area contributed by atoms with Crippen molar-refractivity contribution in [2.75, 3.05) is 12.3 Å². The minimum Gasteiger partial charge on any atom is -1.00 e. The van der Waals surface area contributed by atoms with E-state index in [1.54, 1.807) is 0 Å². The molecule has 0 unspecified atom stereocenters. The molecule has 0 radical (unpaired) electrons. The maximum absolute atomic E-state index is 12.4. The maximum Gasteiger partial charge on any atom is 0.179 e. The third kappa shape index (κ3) is 3.25. The normalized spacial score (nSPS) is 10.7. The molecule has 80 valence electrons. The fourth-order valence-corrected chi connectivity index (χ4v) is 2.01. The second kappa shape index (κ2) is 5.29. The summed E-state index contributed by atoms with van der Waals surface area (Å²) in [4.78, 5) is 0.111. The molecule has 1 rings (SSSR count). The Hall–Kier alpha value is -0.650. The molecule has 0 heterocycles. The third-order valence-electron chi connectivity index (χ3n) is 1.56. The van der Waals surface area contributed by atoms with Gasteiger partial charge in [-0.2, -0.15) is 0 Å². The summed E-state index contributed by atoms with van der Waals surface area (Å²) in [5.74, 6) is -0.565. The molecular weight excluding hydrogens is 229 g/mol. The van der Waals surface area contributed by atoms with E-state index in [-0.39, 0.29) is 29.6 Å². The monoisotopic (exact) mass is 238 g/mol. The molecule has 0 spiro atoms. The zero-order valence-corrected chi connectivity index (χ0v) is 8.85. The third-order valence-corrected chi connectivity index (χ3v) is 3.32. The van der Waals surface area contributed by atoms with Crippen LogP contribution in [0.2, 0.25) is 0 Å². The highest BCUT2D eigenvalue weighted by Gasteiger charge is 2.12.